The first kappa shape index (κ1) is 21.4. The quantitative estimate of drug-likeness (QED) is 0.649. The fourth-order valence-corrected chi connectivity index (χ4v) is 4.58. The number of aryl methyl sites for hydroxylation is 2. The second-order valence-electron chi connectivity index (χ2n) is 8.43. The lowest BCUT2D eigenvalue weighted by atomic mass is 9.44. The SMILES string of the molecule is Cc1cc(OCC(=O)NC23CC(NC(=O)COc4ccc(Cl)c(F)c4)(C2)C3)cc(C)n1. The van der Waals surface area contributed by atoms with E-state index < -0.39 is 5.82 Å². The van der Waals surface area contributed by atoms with Crippen LogP contribution in [-0.2, 0) is 9.59 Å². The Labute approximate surface area is 184 Å². The normalized spacial score (nSPS) is 23.2. The Morgan fingerprint density at radius 1 is 0.968 bits per heavy atom. The van der Waals surface area contributed by atoms with Crippen molar-refractivity contribution in [2.45, 2.75) is 44.2 Å². The number of ether oxygens (including phenoxy) is 2. The first-order valence-electron chi connectivity index (χ1n) is 9.94. The Balaban J connectivity index is 1.18. The number of rotatable bonds is 8. The molecule has 2 N–H and O–H groups in total. The number of hydrogen-bond donors (Lipinski definition) is 2. The van der Waals surface area contributed by atoms with Crippen LogP contribution in [0.15, 0.2) is 30.3 Å². The van der Waals surface area contributed by atoms with Gasteiger partial charge in [0.15, 0.2) is 13.2 Å². The number of nitrogens with one attached hydrogen (secondary N) is 2. The number of carbonyl (C=O) groups is 2. The zero-order chi connectivity index (χ0) is 22.2. The van der Waals surface area contributed by atoms with Crippen molar-refractivity contribution in [1.82, 2.24) is 15.6 Å². The molecule has 5 rings (SSSR count). The third-order valence-electron chi connectivity index (χ3n) is 5.53. The van der Waals surface area contributed by atoms with Crippen LogP contribution in [0.4, 0.5) is 4.39 Å². The summed E-state index contributed by atoms with van der Waals surface area (Å²) in [6.45, 7) is 3.44. The molecule has 9 heteroatoms. The average Bonchev–Trinajstić information content (AvgIpc) is 2.64. The molecule has 0 unspecified atom stereocenters. The Morgan fingerprint density at radius 2 is 1.48 bits per heavy atom. The zero-order valence-electron chi connectivity index (χ0n) is 17.3. The van der Waals surface area contributed by atoms with Gasteiger partial charge in [-0.3, -0.25) is 14.6 Å². The van der Waals surface area contributed by atoms with Crippen molar-refractivity contribution in [3.8, 4) is 11.5 Å². The Morgan fingerprint density at radius 3 is 2.00 bits per heavy atom. The number of carbonyl (C=O) groups excluding carboxylic acids is 2. The van der Waals surface area contributed by atoms with Crippen molar-refractivity contribution >= 4 is 23.4 Å². The molecule has 1 heterocycles. The monoisotopic (exact) mass is 447 g/mol. The van der Waals surface area contributed by atoms with Crippen LogP contribution < -0.4 is 20.1 Å². The molecule has 1 aromatic heterocycles. The van der Waals surface area contributed by atoms with Gasteiger partial charge < -0.3 is 20.1 Å². The topological polar surface area (TPSA) is 89.6 Å². The maximum atomic E-state index is 13.4. The Hall–Kier alpha value is -2.87. The lowest BCUT2D eigenvalue weighted by molar-refractivity contribution is -0.151. The van der Waals surface area contributed by atoms with Gasteiger partial charge in [-0.05, 0) is 45.2 Å². The molecule has 2 bridgehead atoms. The molecule has 2 amide bonds. The minimum atomic E-state index is -0.602. The van der Waals surface area contributed by atoms with Crippen LogP contribution in [0.3, 0.4) is 0 Å². The molecule has 3 saturated carbocycles. The number of hydrogen-bond acceptors (Lipinski definition) is 5. The Bertz CT molecular complexity index is 1010. The smallest absolute Gasteiger partial charge is 0.258 e. The molecule has 164 valence electrons. The molecular formula is C22H23ClFN3O4. The van der Waals surface area contributed by atoms with Crippen LogP contribution in [0.1, 0.15) is 30.7 Å². The summed E-state index contributed by atoms with van der Waals surface area (Å²) in [5, 5.41) is 5.95. The van der Waals surface area contributed by atoms with Crippen molar-refractivity contribution < 1.29 is 23.5 Å². The van der Waals surface area contributed by atoms with Crippen molar-refractivity contribution in [3.63, 3.8) is 0 Å². The van der Waals surface area contributed by atoms with E-state index in [1.54, 1.807) is 12.1 Å². The molecule has 0 spiro atoms. The summed E-state index contributed by atoms with van der Waals surface area (Å²) < 4.78 is 24.3. The predicted molar refractivity (Wildman–Crippen MR) is 112 cm³/mol. The summed E-state index contributed by atoms with van der Waals surface area (Å²) in [6.07, 6.45) is 2.00. The minimum absolute atomic E-state index is 0.00517. The number of nitrogens with zero attached hydrogens (tertiary/aromatic N) is 1. The number of pyridine rings is 1. The van der Waals surface area contributed by atoms with Crippen molar-refractivity contribution in [2.75, 3.05) is 13.2 Å². The lowest BCUT2D eigenvalue weighted by Crippen LogP contribution is -2.84. The maximum absolute atomic E-state index is 13.4. The summed E-state index contributed by atoms with van der Waals surface area (Å²) in [5.41, 5.74) is 1.08. The Kier molecular flexibility index (Phi) is 5.51. The van der Waals surface area contributed by atoms with E-state index in [1.165, 1.54) is 12.1 Å². The van der Waals surface area contributed by atoms with Crippen LogP contribution in [0.2, 0.25) is 5.02 Å². The number of amides is 2. The number of benzene rings is 1. The fraction of sp³-hybridized carbons (Fsp3) is 0.409. The molecule has 0 aliphatic heterocycles. The van der Waals surface area contributed by atoms with Gasteiger partial charge in [-0.25, -0.2) is 4.39 Å². The molecule has 0 atom stereocenters. The van der Waals surface area contributed by atoms with Gasteiger partial charge >= 0.3 is 0 Å². The van der Waals surface area contributed by atoms with Crippen LogP contribution in [0.25, 0.3) is 0 Å². The highest BCUT2D eigenvalue weighted by Crippen LogP contribution is 2.60. The second-order valence-corrected chi connectivity index (χ2v) is 8.83. The largest absolute Gasteiger partial charge is 0.484 e. The third kappa shape index (κ3) is 4.74. The molecule has 3 aliphatic rings. The van der Waals surface area contributed by atoms with Gasteiger partial charge in [-0.15, -0.1) is 0 Å². The van der Waals surface area contributed by atoms with Crippen LogP contribution in [-0.4, -0.2) is 41.1 Å². The molecule has 1 aromatic carbocycles. The number of halogens is 2. The third-order valence-corrected chi connectivity index (χ3v) is 5.83. The van der Waals surface area contributed by atoms with Crippen molar-refractivity contribution in [2.24, 2.45) is 0 Å². The molecule has 3 aliphatic carbocycles. The van der Waals surface area contributed by atoms with E-state index >= 15 is 0 Å². The molecule has 31 heavy (non-hydrogen) atoms. The van der Waals surface area contributed by atoms with E-state index in [0.717, 1.165) is 17.5 Å². The second kappa shape index (κ2) is 8.00. The first-order valence-corrected chi connectivity index (χ1v) is 10.3. The standard InChI is InChI=1S/C22H23ClFN3O4/c1-13-5-16(6-14(2)25-13)31-9-20(29)27-22-10-21(11-22,12-22)26-19(28)8-30-15-3-4-17(23)18(24)7-15/h3-7H,8-12H2,1-2H3,(H,26,28)(H,27,29). The highest BCUT2D eigenvalue weighted by Gasteiger charge is 2.69. The molecule has 0 radical (unpaired) electrons. The van der Waals surface area contributed by atoms with Crippen LogP contribution in [0, 0.1) is 19.7 Å². The average molecular weight is 448 g/mol. The first-order chi connectivity index (χ1) is 14.7. The van der Waals surface area contributed by atoms with Gasteiger partial charge in [-0.2, -0.15) is 0 Å². The van der Waals surface area contributed by atoms with E-state index in [2.05, 4.69) is 15.6 Å². The van der Waals surface area contributed by atoms with Crippen LogP contribution in [0.5, 0.6) is 11.5 Å². The van der Waals surface area contributed by atoms with Gasteiger partial charge in [0.25, 0.3) is 11.8 Å². The van der Waals surface area contributed by atoms with E-state index in [9.17, 15) is 14.0 Å². The van der Waals surface area contributed by atoms with Crippen LogP contribution >= 0.6 is 11.6 Å². The highest BCUT2D eigenvalue weighted by atomic mass is 35.5. The fourth-order valence-electron chi connectivity index (χ4n) is 4.46. The van der Waals surface area contributed by atoms with Crippen molar-refractivity contribution in [3.05, 3.63) is 52.6 Å². The molecule has 3 fully saturated rings. The molecule has 0 saturated heterocycles. The number of aromatic nitrogens is 1. The van der Waals surface area contributed by atoms with E-state index in [-0.39, 0.29) is 46.9 Å². The minimum Gasteiger partial charge on any atom is -0.484 e. The highest BCUT2D eigenvalue weighted by molar-refractivity contribution is 6.30. The summed E-state index contributed by atoms with van der Waals surface area (Å²) in [4.78, 5) is 28.7. The van der Waals surface area contributed by atoms with Gasteiger partial charge in [0.2, 0.25) is 0 Å². The van der Waals surface area contributed by atoms with Crippen molar-refractivity contribution in [1.29, 1.82) is 0 Å². The summed E-state index contributed by atoms with van der Waals surface area (Å²) in [5.74, 6) is -0.239. The summed E-state index contributed by atoms with van der Waals surface area (Å²) >= 11 is 5.62. The van der Waals surface area contributed by atoms with Gasteiger partial charge in [0.05, 0.1) is 5.02 Å². The van der Waals surface area contributed by atoms with E-state index in [1.807, 2.05) is 13.8 Å². The van der Waals surface area contributed by atoms with E-state index in [4.69, 9.17) is 21.1 Å². The van der Waals surface area contributed by atoms with Gasteiger partial charge in [0, 0.05) is 40.7 Å². The zero-order valence-corrected chi connectivity index (χ0v) is 18.0. The maximum Gasteiger partial charge on any atom is 0.258 e. The van der Waals surface area contributed by atoms with E-state index in [0.29, 0.717) is 25.0 Å². The molecule has 2 aromatic rings. The molecule has 7 nitrogen and oxygen atoms in total. The lowest BCUT2D eigenvalue weighted by Gasteiger charge is -2.70. The summed E-state index contributed by atoms with van der Waals surface area (Å²) in [6, 6.07) is 7.58. The molecular weight excluding hydrogens is 425 g/mol. The van der Waals surface area contributed by atoms with Gasteiger partial charge in [-0.1, -0.05) is 11.6 Å². The van der Waals surface area contributed by atoms with Gasteiger partial charge in [0.1, 0.15) is 17.3 Å². The summed E-state index contributed by atoms with van der Waals surface area (Å²) in [7, 11) is 0. The predicted octanol–water partition coefficient (Wildman–Crippen LogP) is 2.86.